The summed E-state index contributed by atoms with van der Waals surface area (Å²) < 4.78 is 27.6. The fourth-order valence-corrected chi connectivity index (χ4v) is 3.93. The average Bonchev–Trinajstić information content (AvgIpc) is 3.03. The van der Waals surface area contributed by atoms with Crippen molar-refractivity contribution in [3.8, 4) is 0 Å². The van der Waals surface area contributed by atoms with Gasteiger partial charge < -0.3 is 4.98 Å². The molecule has 3 rings (SSSR count). The van der Waals surface area contributed by atoms with E-state index in [1.54, 1.807) is 24.3 Å². The van der Waals surface area contributed by atoms with Crippen LogP contribution >= 0.6 is 0 Å². The highest BCUT2D eigenvalue weighted by Crippen LogP contribution is 2.23. The summed E-state index contributed by atoms with van der Waals surface area (Å²) in [5.74, 6) is -0.235. The molecule has 1 amide bonds. The number of aromatic nitrogens is 2. The van der Waals surface area contributed by atoms with Crippen molar-refractivity contribution in [1.82, 2.24) is 14.7 Å². The highest BCUT2D eigenvalue weighted by atomic mass is 32.2. The van der Waals surface area contributed by atoms with Crippen LogP contribution in [-0.4, -0.2) is 30.3 Å². The van der Waals surface area contributed by atoms with Gasteiger partial charge in [-0.2, -0.15) is 4.72 Å². The van der Waals surface area contributed by atoms with Crippen LogP contribution in [0.1, 0.15) is 33.3 Å². The van der Waals surface area contributed by atoms with Crippen LogP contribution < -0.4 is 10.0 Å². The standard InChI is InChI=1S/C20H24N4O3S/c1-13(18(25)23-19-21-16-7-5-6-8-17(16)22-19)24-28(26,27)15-11-9-14(10-12-15)20(2,3)4/h5-13,24H,1-4H3,(H2,21,22,23,25)/t13-/m1/s1. The predicted octanol–water partition coefficient (Wildman–Crippen LogP) is 3.17. The zero-order valence-corrected chi connectivity index (χ0v) is 17.1. The van der Waals surface area contributed by atoms with Gasteiger partial charge in [-0.3, -0.25) is 10.1 Å². The molecule has 0 saturated heterocycles. The van der Waals surface area contributed by atoms with E-state index in [-0.39, 0.29) is 16.3 Å². The molecule has 3 N–H and O–H groups in total. The van der Waals surface area contributed by atoms with Gasteiger partial charge in [-0.05, 0) is 42.2 Å². The quantitative estimate of drug-likeness (QED) is 0.612. The molecule has 7 nitrogen and oxygen atoms in total. The Bertz CT molecular complexity index is 1060. The monoisotopic (exact) mass is 400 g/mol. The number of hydrogen-bond donors (Lipinski definition) is 3. The van der Waals surface area contributed by atoms with Gasteiger partial charge in [0.05, 0.1) is 22.0 Å². The van der Waals surface area contributed by atoms with Gasteiger partial charge in [0.1, 0.15) is 0 Å². The van der Waals surface area contributed by atoms with Crippen molar-refractivity contribution >= 4 is 32.9 Å². The van der Waals surface area contributed by atoms with Crippen molar-refractivity contribution < 1.29 is 13.2 Å². The average molecular weight is 401 g/mol. The van der Waals surface area contributed by atoms with Crippen molar-refractivity contribution in [2.45, 2.75) is 44.0 Å². The third kappa shape index (κ3) is 4.40. The third-order valence-electron chi connectivity index (χ3n) is 4.39. The van der Waals surface area contributed by atoms with Crippen LogP contribution in [0.5, 0.6) is 0 Å². The van der Waals surface area contributed by atoms with Gasteiger partial charge in [0, 0.05) is 0 Å². The molecule has 28 heavy (non-hydrogen) atoms. The van der Waals surface area contributed by atoms with Gasteiger partial charge in [0.2, 0.25) is 21.9 Å². The number of sulfonamides is 1. The molecule has 148 valence electrons. The van der Waals surface area contributed by atoms with Crippen LogP contribution in [0.4, 0.5) is 5.95 Å². The van der Waals surface area contributed by atoms with Crippen molar-refractivity contribution in [3.63, 3.8) is 0 Å². The molecule has 0 aliphatic heterocycles. The number of anilines is 1. The summed E-state index contributed by atoms with van der Waals surface area (Å²) in [6, 6.07) is 13.0. The second-order valence-corrected chi connectivity index (χ2v) is 9.42. The molecule has 2 aromatic carbocycles. The Morgan fingerprint density at radius 1 is 1.07 bits per heavy atom. The van der Waals surface area contributed by atoms with E-state index < -0.39 is 22.0 Å². The lowest BCUT2D eigenvalue weighted by molar-refractivity contribution is -0.117. The molecule has 1 aromatic heterocycles. The van der Waals surface area contributed by atoms with Gasteiger partial charge in [0.15, 0.2) is 0 Å². The Balaban J connectivity index is 1.69. The molecule has 0 spiro atoms. The molecule has 0 aliphatic rings. The fraction of sp³-hybridized carbons (Fsp3) is 0.300. The van der Waals surface area contributed by atoms with Crippen LogP contribution in [0.3, 0.4) is 0 Å². The largest absolute Gasteiger partial charge is 0.324 e. The summed E-state index contributed by atoms with van der Waals surface area (Å²) in [6.45, 7) is 7.65. The van der Waals surface area contributed by atoms with Crippen molar-refractivity contribution in [2.75, 3.05) is 5.32 Å². The Kier molecular flexibility index (Phi) is 5.27. The molecule has 0 saturated carbocycles. The van der Waals surface area contributed by atoms with E-state index in [4.69, 9.17) is 0 Å². The Morgan fingerprint density at radius 3 is 2.32 bits per heavy atom. The molecule has 0 aliphatic carbocycles. The Morgan fingerprint density at radius 2 is 1.71 bits per heavy atom. The molecule has 3 aromatic rings. The maximum atomic E-state index is 12.6. The molecule has 1 heterocycles. The maximum absolute atomic E-state index is 12.6. The molecule has 0 radical (unpaired) electrons. The van der Waals surface area contributed by atoms with E-state index in [2.05, 4.69) is 40.8 Å². The topological polar surface area (TPSA) is 104 Å². The third-order valence-corrected chi connectivity index (χ3v) is 5.94. The lowest BCUT2D eigenvalue weighted by atomic mass is 9.87. The summed E-state index contributed by atoms with van der Waals surface area (Å²) in [7, 11) is -3.83. The van der Waals surface area contributed by atoms with Crippen LogP contribution in [0.2, 0.25) is 0 Å². The molecular weight excluding hydrogens is 376 g/mol. The van der Waals surface area contributed by atoms with Crippen molar-refractivity contribution in [1.29, 1.82) is 0 Å². The molecule has 0 unspecified atom stereocenters. The van der Waals surface area contributed by atoms with Gasteiger partial charge >= 0.3 is 0 Å². The van der Waals surface area contributed by atoms with E-state index >= 15 is 0 Å². The predicted molar refractivity (Wildman–Crippen MR) is 110 cm³/mol. The lowest BCUT2D eigenvalue weighted by Gasteiger charge is -2.19. The number of amides is 1. The summed E-state index contributed by atoms with van der Waals surface area (Å²) in [5.41, 5.74) is 2.45. The number of benzene rings is 2. The number of carbonyl (C=O) groups excluding carboxylic acids is 1. The maximum Gasteiger partial charge on any atom is 0.244 e. The smallest absolute Gasteiger partial charge is 0.244 e. The van der Waals surface area contributed by atoms with Gasteiger partial charge in [0.25, 0.3) is 0 Å². The summed E-state index contributed by atoms with van der Waals surface area (Å²) in [6.07, 6.45) is 0. The van der Waals surface area contributed by atoms with E-state index in [1.165, 1.54) is 6.92 Å². The molecule has 0 fully saturated rings. The highest BCUT2D eigenvalue weighted by molar-refractivity contribution is 7.89. The zero-order valence-electron chi connectivity index (χ0n) is 16.3. The zero-order chi connectivity index (χ0) is 20.5. The van der Waals surface area contributed by atoms with Crippen molar-refractivity contribution in [2.24, 2.45) is 0 Å². The van der Waals surface area contributed by atoms with E-state index in [9.17, 15) is 13.2 Å². The minimum atomic E-state index is -3.83. The first kappa shape index (κ1) is 20.0. The number of carbonyl (C=O) groups is 1. The number of fused-ring (bicyclic) bond motifs is 1. The molecule has 8 heteroatoms. The number of rotatable bonds is 5. The first-order valence-corrected chi connectivity index (χ1v) is 10.4. The minimum absolute atomic E-state index is 0.0739. The second kappa shape index (κ2) is 7.37. The van der Waals surface area contributed by atoms with E-state index in [0.29, 0.717) is 5.52 Å². The SMILES string of the molecule is C[C@@H](NS(=O)(=O)c1ccc(C(C)(C)C)cc1)C(=O)Nc1nc2ccccc2[nH]1. The van der Waals surface area contributed by atoms with Crippen LogP contribution in [0.25, 0.3) is 11.0 Å². The molecular formula is C20H24N4O3S. The summed E-state index contributed by atoms with van der Waals surface area (Å²) >= 11 is 0. The number of aromatic amines is 1. The Labute approximate surface area is 164 Å². The highest BCUT2D eigenvalue weighted by Gasteiger charge is 2.23. The number of hydrogen-bond acceptors (Lipinski definition) is 4. The van der Waals surface area contributed by atoms with Crippen LogP contribution in [0.15, 0.2) is 53.4 Å². The van der Waals surface area contributed by atoms with Crippen molar-refractivity contribution in [3.05, 3.63) is 54.1 Å². The van der Waals surface area contributed by atoms with Gasteiger partial charge in [-0.1, -0.05) is 45.0 Å². The van der Waals surface area contributed by atoms with Gasteiger partial charge in [-0.15, -0.1) is 0 Å². The molecule has 0 bridgehead atoms. The number of nitrogens with zero attached hydrogens (tertiary/aromatic N) is 1. The number of para-hydroxylation sites is 2. The summed E-state index contributed by atoms with van der Waals surface area (Å²) in [4.78, 5) is 19.7. The Hall–Kier alpha value is -2.71. The first-order valence-electron chi connectivity index (χ1n) is 8.95. The minimum Gasteiger partial charge on any atom is -0.324 e. The normalized spacial score (nSPS) is 13.4. The lowest BCUT2D eigenvalue weighted by Crippen LogP contribution is -2.41. The number of imidazole rings is 1. The number of H-pyrrole nitrogens is 1. The van der Waals surface area contributed by atoms with Crippen LogP contribution in [-0.2, 0) is 20.2 Å². The van der Waals surface area contributed by atoms with Crippen LogP contribution in [0, 0.1) is 0 Å². The summed E-state index contributed by atoms with van der Waals surface area (Å²) in [5, 5.41) is 2.60. The second-order valence-electron chi connectivity index (χ2n) is 7.71. The molecule has 1 atom stereocenters. The number of nitrogens with one attached hydrogen (secondary N) is 3. The first-order chi connectivity index (χ1) is 13.1. The fourth-order valence-electron chi connectivity index (χ4n) is 2.73. The van der Waals surface area contributed by atoms with Gasteiger partial charge in [-0.25, -0.2) is 13.4 Å². The van der Waals surface area contributed by atoms with E-state index in [1.807, 2.05) is 24.3 Å². The van der Waals surface area contributed by atoms with E-state index in [0.717, 1.165) is 11.1 Å².